The normalized spacial score (nSPS) is 10.0. The predicted molar refractivity (Wildman–Crippen MR) is 54.2 cm³/mol. The summed E-state index contributed by atoms with van der Waals surface area (Å²) in [7, 11) is 0. The van der Waals surface area contributed by atoms with E-state index >= 15 is 0 Å². The fourth-order valence-corrected chi connectivity index (χ4v) is 1.32. The van der Waals surface area contributed by atoms with Crippen molar-refractivity contribution < 1.29 is 9.90 Å². The summed E-state index contributed by atoms with van der Waals surface area (Å²) >= 11 is 0. The Balaban J connectivity index is 2.64. The molecule has 0 aliphatic rings. The Morgan fingerprint density at radius 3 is 2.50 bits per heavy atom. The fraction of sp³-hybridized carbons (Fsp3) is 0. The van der Waals surface area contributed by atoms with Crippen LogP contribution in [0.3, 0.4) is 0 Å². The minimum absolute atomic E-state index is 0.404. The van der Waals surface area contributed by atoms with Crippen LogP contribution in [-0.2, 0) is 0 Å². The van der Waals surface area contributed by atoms with Gasteiger partial charge in [-0.2, -0.15) is 9.78 Å². The van der Waals surface area contributed by atoms with Gasteiger partial charge in [0.05, 0.1) is 17.2 Å². The summed E-state index contributed by atoms with van der Waals surface area (Å²) in [5.41, 5.74) is -0.594. The highest BCUT2D eigenvalue weighted by Crippen LogP contribution is 2.01. The van der Waals surface area contributed by atoms with E-state index in [0.717, 1.165) is 10.7 Å². The number of carboxylic acids is 1. The van der Waals surface area contributed by atoms with E-state index in [1.807, 2.05) is 0 Å². The van der Waals surface area contributed by atoms with Crippen LogP contribution in [0.25, 0.3) is 5.69 Å². The topological polar surface area (TPSA) is 75.0 Å². The fourth-order valence-electron chi connectivity index (χ4n) is 1.32. The highest BCUT2D eigenvalue weighted by Gasteiger charge is 2.05. The maximum Gasteiger partial charge on any atom is 0.280 e. The third-order valence-corrected chi connectivity index (χ3v) is 2.07. The standard InChI is InChI=1S/C11H8N2O3/c14-10-9(11(15)16)6-7-12-13(10)8-4-2-1-3-5-8/h1-7H,(H,15,16)/p-1. The van der Waals surface area contributed by atoms with Crippen molar-refractivity contribution in [2.45, 2.75) is 0 Å². The van der Waals surface area contributed by atoms with Gasteiger partial charge in [0.25, 0.3) is 5.56 Å². The summed E-state index contributed by atoms with van der Waals surface area (Å²) in [6.45, 7) is 0. The molecule has 0 bridgehead atoms. The Morgan fingerprint density at radius 2 is 1.88 bits per heavy atom. The van der Waals surface area contributed by atoms with Crippen molar-refractivity contribution >= 4 is 5.97 Å². The van der Waals surface area contributed by atoms with Gasteiger partial charge < -0.3 is 9.90 Å². The quantitative estimate of drug-likeness (QED) is 0.682. The van der Waals surface area contributed by atoms with Gasteiger partial charge in [-0.25, -0.2) is 0 Å². The second-order valence-corrected chi connectivity index (χ2v) is 3.08. The molecule has 0 aliphatic heterocycles. The van der Waals surface area contributed by atoms with E-state index in [9.17, 15) is 14.7 Å². The zero-order valence-electron chi connectivity index (χ0n) is 8.16. The molecule has 0 N–H and O–H groups in total. The molecule has 1 aromatic carbocycles. The highest BCUT2D eigenvalue weighted by atomic mass is 16.4. The lowest BCUT2D eigenvalue weighted by molar-refractivity contribution is -0.255. The molecule has 0 fully saturated rings. The molecule has 0 aliphatic carbocycles. The Labute approximate surface area is 90.6 Å². The molecule has 0 saturated heterocycles. The van der Waals surface area contributed by atoms with Crippen LogP contribution in [0.15, 0.2) is 47.4 Å². The molecule has 5 nitrogen and oxygen atoms in total. The van der Waals surface area contributed by atoms with E-state index in [0.29, 0.717) is 5.69 Å². The molecule has 0 saturated carbocycles. The number of para-hydroxylation sites is 1. The first kappa shape index (κ1) is 10.1. The summed E-state index contributed by atoms with van der Waals surface area (Å²) in [6, 6.07) is 9.69. The van der Waals surface area contributed by atoms with E-state index < -0.39 is 17.1 Å². The predicted octanol–water partition coefficient (Wildman–Crippen LogP) is -0.404. The molecule has 1 heterocycles. The Bertz CT molecular complexity index is 575. The molecule has 2 rings (SSSR count). The van der Waals surface area contributed by atoms with E-state index in [2.05, 4.69) is 5.10 Å². The zero-order valence-corrected chi connectivity index (χ0v) is 8.16. The molecule has 0 spiro atoms. The van der Waals surface area contributed by atoms with Crippen LogP contribution >= 0.6 is 0 Å². The first-order chi connectivity index (χ1) is 7.70. The molecule has 5 heteroatoms. The van der Waals surface area contributed by atoms with Crippen LogP contribution in [0.1, 0.15) is 10.4 Å². The number of carboxylic acid groups (broad SMARTS) is 1. The van der Waals surface area contributed by atoms with Crippen molar-refractivity contribution in [1.29, 1.82) is 0 Å². The van der Waals surface area contributed by atoms with Crippen molar-refractivity contribution in [3.8, 4) is 5.69 Å². The van der Waals surface area contributed by atoms with Gasteiger partial charge in [0, 0.05) is 6.20 Å². The third kappa shape index (κ3) is 1.70. The summed E-state index contributed by atoms with van der Waals surface area (Å²) in [5, 5.41) is 14.5. The van der Waals surface area contributed by atoms with Gasteiger partial charge in [0.2, 0.25) is 0 Å². The Morgan fingerprint density at radius 1 is 1.19 bits per heavy atom. The largest absolute Gasteiger partial charge is 0.545 e. The third-order valence-electron chi connectivity index (χ3n) is 2.07. The summed E-state index contributed by atoms with van der Waals surface area (Å²) in [6.07, 6.45) is 1.25. The van der Waals surface area contributed by atoms with Crippen LogP contribution in [-0.4, -0.2) is 15.7 Å². The summed E-state index contributed by atoms with van der Waals surface area (Å²) in [5.74, 6) is -1.50. The summed E-state index contributed by atoms with van der Waals surface area (Å²) < 4.78 is 1.02. The number of rotatable bonds is 2. The van der Waals surface area contributed by atoms with Crippen molar-refractivity contribution in [2.75, 3.05) is 0 Å². The van der Waals surface area contributed by atoms with Crippen LogP contribution in [0.4, 0.5) is 0 Å². The SMILES string of the molecule is O=C([O-])c1ccnn(-c2ccccc2)c1=O. The number of carbonyl (C=O) groups excluding carboxylic acids is 1. The van der Waals surface area contributed by atoms with Gasteiger partial charge in [-0.1, -0.05) is 18.2 Å². The first-order valence-electron chi connectivity index (χ1n) is 4.55. The number of nitrogens with zero attached hydrogens (tertiary/aromatic N) is 2. The molecule has 80 valence electrons. The molecule has 0 amide bonds. The number of carbonyl (C=O) groups is 1. The van der Waals surface area contributed by atoms with Gasteiger partial charge in [-0.3, -0.25) is 4.79 Å². The second-order valence-electron chi connectivity index (χ2n) is 3.08. The Kier molecular flexibility index (Phi) is 2.51. The van der Waals surface area contributed by atoms with Crippen molar-refractivity contribution in [2.24, 2.45) is 0 Å². The minimum atomic E-state index is -1.50. The lowest BCUT2D eigenvalue weighted by atomic mass is 10.3. The highest BCUT2D eigenvalue weighted by molar-refractivity contribution is 5.85. The average molecular weight is 215 g/mol. The van der Waals surface area contributed by atoms with Crippen LogP contribution in [0, 0.1) is 0 Å². The number of hydrogen-bond acceptors (Lipinski definition) is 4. The van der Waals surface area contributed by atoms with E-state index in [-0.39, 0.29) is 0 Å². The number of aromatic carboxylic acids is 1. The number of benzene rings is 1. The minimum Gasteiger partial charge on any atom is -0.545 e. The monoisotopic (exact) mass is 215 g/mol. The number of aromatic nitrogens is 2. The summed E-state index contributed by atoms with van der Waals surface area (Å²) in [4.78, 5) is 22.3. The lowest BCUT2D eigenvalue weighted by Crippen LogP contribution is -2.33. The molecule has 0 atom stereocenters. The second kappa shape index (κ2) is 3.98. The van der Waals surface area contributed by atoms with Crippen LogP contribution in [0.5, 0.6) is 0 Å². The Hall–Kier alpha value is -2.43. The molecular formula is C11H7N2O3-. The van der Waals surface area contributed by atoms with E-state index in [4.69, 9.17) is 0 Å². The molecule has 0 radical (unpaired) electrons. The van der Waals surface area contributed by atoms with Gasteiger partial charge in [-0.05, 0) is 18.2 Å². The van der Waals surface area contributed by atoms with Crippen molar-refractivity contribution in [3.63, 3.8) is 0 Å². The van der Waals surface area contributed by atoms with Crippen molar-refractivity contribution in [1.82, 2.24) is 9.78 Å². The van der Waals surface area contributed by atoms with E-state index in [1.165, 1.54) is 6.20 Å². The first-order valence-corrected chi connectivity index (χ1v) is 4.55. The van der Waals surface area contributed by atoms with E-state index in [1.54, 1.807) is 30.3 Å². The molecule has 1 aromatic heterocycles. The van der Waals surface area contributed by atoms with Gasteiger partial charge in [0.1, 0.15) is 0 Å². The number of hydrogen-bond donors (Lipinski definition) is 0. The maximum atomic E-state index is 11.7. The molecular weight excluding hydrogens is 208 g/mol. The smallest absolute Gasteiger partial charge is 0.280 e. The molecule has 0 unspecified atom stereocenters. The van der Waals surface area contributed by atoms with Gasteiger partial charge in [-0.15, -0.1) is 0 Å². The van der Waals surface area contributed by atoms with Gasteiger partial charge >= 0.3 is 0 Å². The average Bonchev–Trinajstić information content (AvgIpc) is 2.30. The zero-order chi connectivity index (χ0) is 11.5. The maximum absolute atomic E-state index is 11.7. The molecule has 2 aromatic rings. The lowest BCUT2D eigenvalue weighted by Gasteiger charge is -2.06. The van der Waals surface area contributed by atoms with Crippen molar-refractivity contribution in [3.05, 3.63) is 58.5 Å². The van der Waals surface area contributed by atoms with Crippen LogP contribution in [0.2, 0.25) is 0 Å². The van der Waals surface area contributed by atoms with Gasteiger partial charge in [0.15, 0.2) is 0 Å². The molecule has 16 heavy (non-hydrogen) atoms. The van der Waals surface area contributed by atoms with Crippen LogP contribution < -0.4 is 10.7 Å².